The van der Waals surface area contributed by atoms with Crippen LogP contribution in [0.1, 0.15) is 52.9 Å². The summed E-state index contributed by atoms with van der Waals surface area (Å²) in [4.78, 5) is 33.2. The molecule has 3 unspecified atom stereocenters. The number of benzene rings is 2. The van der Waals surface area contributed by atoms with Crippen LogP contribution in [-0.2, 0) is 4.74 Å². The van der Waals surface area contributed by atoms with Gasteiger partial charge in [0.1, 0.15) is 42.1 Å². The topological polar surface area (TPSA) is 119 Å². The lowest BCUT2D eigenvalue weighted by molar-refractivity contribution is 0.00537. The van der Waals surface area contributed by atoms with Crippen molar-refractivity contribution < 1.29 is 32.2 Å². The molecule has 0 aliphatic carbocycles. The third kappa shape index (κ3) is 5.11. The molecule has 5 aliphatic rings. The summed E-state index contributed by atoms with van der Waals surface area (Å²) in [5.41, 5.74) is 4.37. The molecule has 0 radical (unpaired) electrons. The summed E-state index contributed by atoms with van der Waals surface area (Å²) in [6.45, 7) is 7.04. The van der Waals surface area contributed by atoms with Crippen LogP contribution in [0.15, 0.2) is 30.3 Å². The average molecular weight is 704 g/mol. The number of aromatic nitrogens is 3. The quantitative estimate of drug-likeness (QED) is 0.271. The van der Waals surface area contributed by atoms with Gasteiger partial charge in [-0.2, -0.15) is 9.97 Å². The Morgan fingerprint density at radius 2 is 1.92 bits per heavy atom. The van der Waals surface area contributed by atoms with Crippen molar-refractivity contribution in [2.75, 3.05) is 43.5 Å². The summed E-state index contributed by atoms with van der Waals surface area (Å²) < 4.78 is 67.2. The van der Waals surface area contributed by atoms with Gasteiger partial charge in [0.05, 0.1) is 40.3 Å². The van der Waals surface area contributed by atoms with Gasteiger partial charge in [0.25, 0.3) is 0 Å². The van der Waals surface area contributed by atoms with Gasteiger partial charge in [-0.3, -0.25) is 9.80 Å². The van der Waals surface area contributed by atoms with E-state index in [1.54, 1.807) is 29.2 Å². The average Bonchev–Trinajstić information content (AvgIpc) is 3.67. The molecule has 2 aromatic carbocycles. The van der Waals surface area contributed by atoms with Crippen LogP contribution in [-0.4, -0.2) is 99.1 Å². The van der Waals surface area contributed by atoms with Crippen LogP contribution in [0.25, 0.3) is 32.9 Å². The van der Waals surface area contributed by atoms with E-state index in [-0.39, 0.29) is 65.3 Å². The van der Waals surface area contributed by atoms with Crippen LogP contribution in [0.4, 0.5) is 29.6 Å². The fourth-order valence-electron chi connectivity index (χ4n) is 9.16. The predicted octanol–water partition coefficient (Wildman–Crippen LogP) is 6.01. The highest BCUT2D eigenvalue weighted by Gasteiger charge is 2.53. The van der Waals surface area contributed by atoms with Crippen LogP contribution in [0.2, 0.25) is 0 Å². The Balaban J connectivity index is 1.20. The van der Waals surface area contributed by atoms with E-state index in [9.17, 15) is 9.18 Å². The van der Waals surface area contributed by atoms with E-state index in [0.717, 1.165) is 25.8 Å². The molecule has 1 amide bonds. The van der Waals surface area contributed by atoms with Gasteiger partial charge in [-0.05, 0) is 64.5 Å². The molecule has 4 saturated heterocycles. The molecule has 9 rings (SSSR count). The van der Waals surface area contributed by atoms with Gasteiger partial charge < -0.3 is 24.8 Å². The smallest absolute Gasteiger partial charge is 0.410 e. The molecule has 5 atom stereocenters. The van der Waals surface area contributed by atoms with Crippen LogP contribution in [0.3, 0.4) is 0 Å². The van der Waals surface area contributed by atoms with E-state index in [4.69, 9.17) is 24.9 Å². The molecule has 14 heteroatoms. The second-order valence-corrected chi connectivity index (χ2v) is 15.6. The molecule has 11 nitrogen and oxygen atoms in total. The van der Waals surface area contributed by atoms with Crippen LogP contribution in [0.5, 0.6) is 11.8 Å². The fourth-order valence-corrected chi connectivity index (χ4v) is 9.16. The number of hydrogen-bond acceptors (Lipinski definition) is 10. The van der Waals surface area contributed by atoms with Gasteiger partial charge in [0.15, 0.2) is 17.4 Å². The van der Waals surface area contributed by atoms with Gasteiger partial charge in [-0.1, -0.05) is 24.3 Å². The van der Waals surface area contributed by atoms with Gasteiger partial charge in [-0.25, -0.2) is 22.9 Å². The Morgan fingerprint density at radius 3 is 2.75 bits per heavy atom. The SMILES string of the molecule is CC(C)(C)OC(=O)N1C2CCC1C1COc3c(F)c(-c4nc(N)cc5ccccc45)c(F)c4nc(OC[C@@]56CCCN5C[C@H](F)C6)nc(c34)N1C2. The van der Waals surface area contributed by atoms with Crippen molar-refractivity contribution in [1.82, 2.24) is 24.8 Å². The number of fused-ring (bicyclic) bond motifs is 7. The minimum Gasteiger partial charge on any atom is -0.487 e. The number of hydrogen-bond donors (Lipinski definition) is 1. The van der Waals surface area contributed by atoms with E-state index < -0.39 is 46.6 Å². The Bertz CT molecular complexity index is 2100. The first-order valence-electron chi connectivity index (χ1n) is 17.7. The zero-order chi connectivity index (χ0) is 35.4. The maximum Gasteiger partial charge on any atom is 0.410 e. The first kappa shape index (κ1) is 32.3. The van der Waals surface area contributed by atoms with Crippen molar-refractivity contribution >= 4 is 39.4 Å². The van der Waals surface area contributed by atoms with E-state index in [1.807, 2.05) is 31.7 Å². The summed E-state index contributed by atoms with van der Waals surface area (Å²) in [6.07, 6.45) is 2.04. The molecule has 7 heterocycles. The molecule has 2 bridgehead atoms. The van der Waals surface area contributed by atoms with E-state index in [0.29, 0.717) is 36.7 Å². The lowest BCUT2D eigenvalue weighted by Gasteiger charge is -2.46. The van der Waals surface area contributed by atoms with Crippen molar-refractivity contribution in [2.24, 2.45) is 0 Å². The Morgan fingerprint density at radius 1 is 1.10 bits per heavy atom. The highest BCUT2D eigenvalue weighted by Crippen LogP contribution is 2.49. The van der Waals surface area contributed by atoms with Crippen molar-refractivity contribution in [2.45, 2.75) is 88.3 Å². The molecule has 0 saturated carbocycles. The summed E-state index contributed by atoms with van der Waals surface area (Å²) in [5, 5.41) is 1.24. The summed E-state index contributed by atoms with van der Waals surface area (Å²) in [6, 6.07) is 7.63. The van der Waals surface area contributed by atoms with Crippen molar-refractivity contribution in [3.8, 4) is 23.0 Å². The number of halogens is 3. The number of piperazine rings is 1. The highest BCUT2D eigenvalue weighted by molar-refractivity contribution is 6.03. The summed E-state index contributed by atoms with van der Waals surface area (Å²) >= 11 is 0. The number of nitrogens with zero attached hydrogens (tertiary/aromatic N) is 6. The highest BCUT2D eigenvalue weighted by atomic mass is 19.1. The zero-order valence-electron chi connectivity index (χ0n) is 28.8. The molecule has 4 aromatic rings. The number of amides is 1. The maximum absolute atomic E-state index is 17.2. The lowest BCUT2D eigenvalue weighted by Crippen LogP contribution is -2.63. The Kier molecular flexibility index (Phi) is 7.26. The van der Waals surface area contributed by atoms with Gasteiger partial charge in [0.2, 0.25) is 0 Å². The Labute approximate surface area is 292 Å². The standard InChI is InChI=1S/C37H40F3N7O4/c1-36(2,3)51-35(48)47-21-9-10-23(47)24-17-49-32-27-31(28(39)26(29(32)40)30-22-8-5-4-7-19(22)13-25(41)42-30)43-34(44-33(27)46(24)16-21)50-18-37-11-6-12-45(37)15-20(38)14-37/h4-5,7-8,13,20-21,23-24H,6,9-12,14-18H2,1-3H3,(H2,41,42)/t20-,21?,23?,24?,37+/m1/s1. The second-order valence-electron chi connectivity index (χ2n) is 15.6. The van der Waals surface area contributed by atoms with Crippen molar-refractivity contribution in [3.05, 3.63) is 42.0 Å². The molecule has 2 aromatic heterocycles. The third-order valence-corrected chi connectivity index (χ3v) is 11.2. The Hall–Kier alpha value is -4.59. The van der Waals surface area contributed by atoms with Gasteiger partial charge in [0, 0.05) is 24.9 Å². The number of anilines is 2. The number of carbonyl (C=O) groups is 1. The maximum atomic E-state index is 17.2. The first-order valence-corrected chi connectivity index (χ1v) is 17.7. The number of carbonyl (C=O) groups excluding carboxylic acids is 1. The van der Waals surface area contributed by atoms with Crippen molar-refractivity contribution in [3.63, 3.8) is 0 Å². The molecule has 51 heavy (non-hydrogen) atoms. The molecular weight excluding hydrogens is 663 g/mol. The van der Waals surface area contributed by atoms with Crippen molar-refractivity contribution in [1.29, 1.82) is 0 Å². The minimum atomic E-state index is -0.961. The molecule has 0 spiro atoms. The van der Waals surface area contributed by atoms with Crippen LogP contribution in [0, 0.1) is 11.6 Å². The normalized spacial score (nSPS) is 27.0. The molecule has 5 aliphatic heterocycles. The molecule has 268 valence electrons. The molecule has 4 fully saturated rings. The van der Waals surface area contributed by atoms with Crippen LogP contribution >= 0.6 is 0 Å². The van der Waals surface area contributed by atoms with Gasteiger partial charge in [-0.15, -0.1) is 0 Å². The number of nitrogen functional groups attached to an aromatic ring is 1. The number of nitrogens with two attached hydrogens (primary N) is 1. The van der Waals surface area contributed by atoms with Crippen LogP contribution < -0.4 is 20.1 Å². The predicted molar refractivity (Wildman–Crippen MR) is 185 cm³/mol. The van der Waals surface area contributed by atoms with Gasteiger partial charge >= 0.3 is 12.1 Å². The third-order valence-electron chi connectivity index (χ3n) is 11.2. The number of alkyl halides is 1. The molecule has 2 N–H and O–H groups in total. The largest absolute Gasteiger partial charge is 0.487 e. The summed E-state index contributed by atoms with van der Waals surface area (Å²) in [7, 11) is 0. The number of ether oxygens (including phenoxy) is 3. The fraction of sp³-hybridized carbons (Fsp3) is 0.514. The molecular formula is C37H40F3N7O4. The number of rotatable bonds is 4. The minimum absolute atomic E-state index is 0.0125. The summed E-state index contributed by atoms with van der Waals surface area (Å²) in [5.74, 6) is -1.75. The first-order chi connectivity index (χ1) is 24.4. The lowest BCUT2D eigenvalue weighted by atomic mass is 9.95. The number of pyridine rings is 1. The van der Waals surface area contributed by atoms with E-state index in [2.05, 4.69) is 14.9 Å². The zero-order valence-corrected chi connectivity index (χ0v) is 28.8. The monoisotopic (exact) mass is 703 g/mol. The van der Waals surface area contributed by atoms with E-state index in [1.165, 1.54) is 0 Å². The second kappa shape index (κ2) is 11.5. The van der Waals surface area contributed by atoms with E-state index >= 15 is 8.78 Å².